The number of carbonyl (C=O) groups excluding carboxylic acids is 1. The number of nitrogens with one attached hydrogen (secondary N) is 1. The van der Waals surface area contributed by atoms with Gasteiger partial charge in [0.05, 0.1) is 13.7 Å². The van der Waals surface area contributed by atoms with Crippen LogP contribution in [0.25, 0.3) is 0 Å². The third-order valence-electron chi connectivity index (χ3n) is 5.61. The number of rotatable bonds is 7. The smallest absolute Gasteiger partial charge is 0.287 e. The number of furan rings is 1. The Morgan fingerprint density at radius 2 is 1.81 bits per heavy atom. The molecule has 0 bridgehead atoms. The van der Waals surface area contributed by atoms with Gasteiger partial charge < -0.3 is 19.4 Å². The number of aryl methyl sites for hydroxylation is 1. The van der Waals surface area contributed by atoms with E-state index in [0.29, 0.717) is 18.8 Å². The molecule has 1 aliphatic heterocycles. The second-order valence-electron chi connectivity index (χ2n) is 7.90. The summed E-state index contributed by atoms with van der Waals surface area (Å²) >= 11 is 0. The van der Waals surface area contributed by atoms with Crippen LogP contribution < -0.4 is 15.0 Å². The van der Waals surface area contributed by atoms with Gasteiger partial charge >= 0.3 is 0 Å². The van der Waals surface area contributed by atoms with Crippen LogP contribution in [0.5, 0.6) is 5.75 Å². The van der Waals surface area contributed by atoms with E-state index in [0.717, 1.165) is 43.3 Å². The maximum Gasteiger partial charge on any atom is 0.287 e. The van der Waals surface area contributed by atoms with Gasteiger partial charge in [-0.15, -0.1) is 0 Å². The Morgan fingerprint density at radius 3 is 2.52 bits per heavy atom. The minimum Gasteiger partial charge on any atom is -0.497 e. The van der Waals surface area contributed by atoms with Crippen molar-refractivity contribution in [1.29, 1.82) is 0 Å². The van der Waals surface area contributed by atoms with Crippen molar-refractivity contribution in [1.82, 2.24) is 10.2 Å². The van der Waals surface area contributed by atoms with Crippen LogP contribution in [-0.2, 0) is 13.1 Å². The first-order valence-corrected chi connectivity index (χ1v) is 10.6. The van der Waals surface area contributed by atoms with Gasteiger partial charge in [0.25, 0.3) is 5.91 Å². The summed E-state index contributed by atoms with van der Waals surface area (Å²) in [6.45, 7) is 7.05. The van der Waals surface area contributed by atoms with Crippen LogP contribution in [0.1, 0.15) is 27.4 Å². The summed E-state index contributed by atoms with van der Waals surface area (Å²) < 4.78 is 11.1. The van der Waals surface area contributed by atoms with E-state index in [-0.39, 0.29) is 5.91 Å². The van der Waals surface area contributed by atoms with Gasteiger partial charge in [-0.2, -0.15) is 0 Å². The topological polar surface area (TPSA) is 58.0 Å². The van der Waals surface area contributed by atoms with Gasteiger partial charge in [-0.1, -0.05) is 29.8 Å². The van der Waals surface area contributed by atoms with Gasteiger partial charge in [0.2, 0.25) is 0 Å². The molecule has 6 heteroatoms. The zero-order chi connectivity index (χ0) is 21.6. The molecule has 0 saturated carbocycles. The van der Waals surface area contributed by atoms with Gasteiger partial charge in [0, 0.05) is 38.4 Å². The minimum absolute atomic E-state index is 0.183. The van der Waals surface area contributed by atoms with E-state index >= 15 is 0 Å². The van der Waals surface area contributed by atoms with Gasteiger partial charge in [-0.3, -0.25) is 9.69 Å². The molecule has 0 aliphatic carbocycles. The van der Waals surface area contributed by atoms with Gasteiger partial charge in [-0.25, -0.2) is 0 Å². The molecule has 6 nitrogen and oxygen atoms in total. The standard InChI is InChI=1S/C25H29N3O3/c1-19-4-3-5-20(16-19)17-26-25(29)24-11-10-23(31-24)18-27-12-14-28(15-13-27)21-6-8-22(30-2)9-7-21/h3-11,16H,12-15,17-18H2,1-2H3,(H,26,29). The Balaban J connectivity index is 1.25. The first-order chi connectivity index (χ1) is 15.1. The molecule has 0 spiro atoms. The number of methoxy groups -OCH3 is 1. The van der Waals surface area contributed by atoms with Gasteiger partial charge in [0.15, 0.2) is 5.76 Å². The Hall–Kier alpha value is -3.25. The van der Waals surface area contributed by atoms with E-state index in [1.54, 1.807) is 13.2 Å². The zero-order valence-electron chi connectivity index (χ0n) is 18.1. The first-order valence-electron chi connectivity index (χ1n) is 10.6. The highest BCUT2D eigenvalue weighted by Crippen LogP contribution is 2.21. The molecule has 31 heavy (non-hydrogen) atoms. The number of ether oxygens (including phenoxy) is 1. The number of hydrogen-bond acceptors (Lipinski definition) is 5. The Bertz CT molecular complexity index is 1000. The van der Waals surface area contributed by atoms with Crippen molar-refractivity contribution >= 4 is 11.6 Å². The molecule has 0 unspecified atom stereocenters. The van der Waals surface area contributed by atoms with Crippen LogP contribution in [-0.4, -0.2) is 44.1 Å². The molecule has 162 valence electrons. The number of carbonyl (C=O) groups is 1. The summed E-state index contributed by atoms with van der Waals surface area (Å²) in [4.78, 5) is 17.2. The Labute approximate surface area is 183 Å². The summed E-state index contributed by atoms with van der Waals surface area (Å²) in [5.41, 5.74) is 3.47. The van der Waals surface area contributed by atoms with Crippen LogP contribution in [0.3, 0.4) is 0 Å². The van der Waals surface area contributed by atoms with Crippen LogP contribution in [0, 0.1) is 6.92 Å². The predicted molar refractivity (Wildman–Crippen MR) is 122 cm³/mol. The normalized spacial score (nSPS) is 14.5. The zero-order valence-corrected chi connectivity index (χ0v) is 18.1. The van der Waals surface area contributed by atoms with Crippen molar-refractivity contribution in [2.75, 3.05) is 38.2 Å². The monoisotopic (exact) mass is 419 g/mol. The SMILES string of the molecule is COc1ccc(N2CCN(Cc3ccc(C(=O)NCc4cccc(C)c4)o3)CC2)cc1. The molecule has 0 atom stereocenters. The van der Waals surface area contributed by atoms with E-state index in [1.165, 1.54) is 11.3 Å². The molecule has 1 aromatic heterocycles. The number of benzene rings is 2. The minimum atomic E-state index is -0.183. The summed E-state index contributed by atoms with van der Waals surface area (Å²) in [5.74, 6) is 1.87. The highest BCUT2D eigenvalue weighted by molar-refractivity contribution is 5.91. The van der Waals surface area contributed by atoms with Crippen molar-refractivity contribution in [2.45, 2.75) is 20.0 Å². The quantitative estimate of drug-likeness (QED) is 0.630. The highest BCUT2D eigenvalue weighted by Gasteiger charge is 2.19. The van der Waals surface area contributed by atoms with E-state index in [2.05, 4.69) is 33.3 Å². The number of piperazine rings is 1. The van der Waals surface area contributed by atoms with E-state index < -0.39 is 0 Å². The molecule has 1 fully saturated rings. The maximum atomic E-state index is 12.4. The van der Waals surface area contributed by atoms with Crippen molar-refractivity contribution in [3.63, 3.8) is 0 Å². The fourth-order valence-electron chi connectivity index (χ4n) is 3.85. The number of nitrogens with zero attached hydrogens (tertiary/aromatic N) is 2. The lowest BCUT2D eigenvalue weighted by Gasteiger charge is -2.35. The van der Waals surface area contributed by atoms with E-state index in [9.17, 15) is 4.79 Å². The molecular formula is C25H29N3O3. The lowest BCUT2D eigenvalue weighted by atomic mass is 10.1. The van der Waals surface area contributed by atoms with Crippen molar-refractivity contribution in [3.05, 3.63) is 83.3 Å². The summed E-state index contributed by atoms with van der Waals surface area (Å²) in [6, 6.07) is 20.0. The van der Waals surface area contributed by atoms with Crippen molar-refractivity contribution in [2.24, 2.45) is 0 Å². The molecule has 3 aromatic rings. The molecule has 2 aromatic carbocycles. The molecule has 1 N–H and O–H groups in total. The van der Waals surface area contributed by atoms with Crippen LogP contribution in [0.15, 0.2) is 65.1 Å². The molecule has 2 heterocycles. The molecule has 1 aliphatic rings. The summed E-state index contributed by atoms with van der Waals surface area (Å²) in [7, 11) is 1.68. The van der Waals surface area contributed by atoms with Crippen molar-refractivity contribution < 1.29 is 13.9 Å². The second-order valence-corrected chi connectivity index (χ2v) is 7.90. The largest absolute Gasteiger partial charge is 0.497 e. The Morgan fingerprint density at radius 1 is 1.03 bits per heavy atom. The molecular weight excluding hydrogens is 390 g/mol. The fraction of sp³-hybridized carbons (Fsp3) is 0.320. The lowest BCUT2D eigenvalue weighted by molar-refractivity contribution is 0.0919. The number of anilines is 1. The first kappa shape index (κ1) is 21.0. The van der Waals surface area contributed by atoms with Crippen LogP contribution in [0.2, 0.25) is 0 Å². The van der Waals surface area contributed by atoms with E-state index in [1.807, 2.05) is 43.3 Å². The number of amides is 1. The van der Waals surface area contributed by atoms with Gasteiger partial charge in [0.1, 0.15) is 11.5 Å². The lowest BCUT2D eigenvalue weighted by Crippen LogP contribution is -2.45. The average Bonchev–Trinajstić information content (AvgIpc) is 3.27. The van der Waals surface area contributed by atoms with Gasteiger partial charge in [-0.05, 0) is 48.9 Å². The van der Waals surface area contributed by atoms with Crippen molar-refractivity contribution in [3.8, 4) is 5.75 Å². The molecule has 1 amide bonds. The average molecular weight is 420 g/mol. The summed E-state index contributed by atoms with van der Waals surface area (Å²) in [6.07, 6.45) is 0. The summed E-state index contributed by atoms with van der Waals surface area (Å²) in [5, 5.41) is 2.93. The second kappa shape index (κ2) is 9.71. The van der Waals surface area contributed by atoms with Crippen LogP contribution >= 0.6 is 0 Å². The molecule has 0 radical (unpaired) electrons. The Kier molecular flexibility index (Phi) is 6.57. The predicted octanol–water partition coefficient (Wildman–Crippen LogP) is 3.85. The molecule has 4 rings (SSSR count). The third kappa shape index (κ3) is 5.47. The van der Waals surface area contributed by atoms with E-state index in [4.69, 9.17) is 9.15 Å². The maximum absolute atomic E-state index is 12.4. The molecule has 1 saturated heterocycles. The number of hydrogen-bond donors (Lipinski definition) is 1. The third-order valence-corrected chi connectivity index (χ3v) is 5.61. The highest BCUT2D eigenvalue weighted by atomic mass is 16.5. The fourth-order valence-corrected chi connectivity index (χ4v) is 3.85. The van der Waals surface area contributed by atoms with Crippen LogP contribution in [0.4, 0.5) is 5.69 Å².